The average molecular weight is 403 g/mol. The molecule has 1 unspecified atom stereocenters. The quantitative estimate of drug-likeness (QED) is 0.720. The fraction of sp³-hybridized carbons (Fsp3) is 0.278. The Morgan fingerprint density at radius 3 is 2.48 bits per heavy atom. The van der Waals surface area contributed by atoms with Gasteiger partial charge in [-0.25, -0.2) is 4.79 Å². The van der Waals surface area contributed by atoms with E-state index in [-0.39, 0.29) is 12.2 Å². The molecule has 2 N–H and O–H groups in total. The van der Waals surface area contributed by atoms with Gasteiger partial charge in [-0.2, -0.15) is 0 Å². The number of alkyl halides is 3. The molecule has 0 aliphatic carbocycles. The van der Waals surface area contributed by atoms with E-state index < -0.39 is 23.7 Å². The Kier molecular flexibility index (Phi) is 6.56. The van der Waals surface area contributed by atoms with Crippen LogP contribution in [0.25, 0.3) is 0 Å². The molecule has 0 bridgehead atoms. The van der Waals surface area contributed by atoms with Gasteiger partial charge in [0.1, 0.15) is 11.4 Å². The van der Waals surface area contributed by atoms with Crippen LogP contribution in [-0.2, 0) is 10.3 Å². The van der Waals surface area contributed by atoms with E-state index >= 15 is 0 Å². The monoisotopic (exact) mass is 402 g/mol. The lowest BCUT2D eigenvalue weighted by Gasteiger charge is -2.29. The highest BCUT2D eigenvalue weighted by Gasteiger charge is 2.31. The first-order chi connectivity index (χ1) is 12.6. The van der Waals surface area contributed by atoms with E-state index in [1.807, 2.05) is 6.07 Å². The first kappa shape index (κ1) is 20.9. The summed E-state index contributed by atoms with van der Waals surface area (Å²) in [5.41, 5.74) is 0.0678. The Labute approximate surface area is 159 Å². The van der Waals surface area contributed by atoms with Crippen molar-refractivity contribution < 1.29 is 27.4 Å². The van der Waals surface area contributed by atoms with E-state index in [9.17, 15) is 18.0 Å². The van der Waals surface area contributed by atoms with Gasteiger partial charge in [0.05, 0.1) is 6.54 Å². The Morgan fingerprint density at radius 1 is 1.15 bits per heavy atom. The number of rotatable bonds is 6. The van der Waals surface area contributed by atoms with Gasteiger partial charge in [0.25, 0.3) is 0 Å². The third kappa shape index (κ3) is 6.33. The maximum Gasteiger partial charge on any atom is 0.573 e. The molecule has 0 spiro atoms. The van der Waals surface area contributed by atoms with Gasteiger partial charge in [-0.3, -0.25) is 0 Å². The molecule has 2 rings (SSSR count). The van der Waals surface area contributed by atoms with Crippen molar-refractivity contribution in [1.82, 2.24) is 5.32 Å². The second-order valence-corrected chi connectivity index (χ2v) is 6.27. The largest absolute Gasteiger partial charge is 0.573 e. The molecule has 0 aliphatic heterocycles. The summed E-state index contributed by atoms with van der Waals surface area (Å²) in [6.07, 6.45) is -4.81. The Balaban J connectivity index is 2.00. The van der Waals surface area contributed by atoms with Crippen LogP contribution >= 0.6 is 11.6 Å². The Bertz CT molecular complexity index is 801. The normalized spacial score (nSPS) is 13.6. The van der Waals surface area contributed by atoms with E-state index in [1.54, 1.807) is 25.1 Å². The van der Waals surface area contributed by atoms with Gasteiger partial charge in [0, 0.05) is 23.9 Å². The van der Waals surface area contributed by atoms with Crippen molar-refractivity contribution in [3.8, 4) is 5.75 Å². The number of halogens is 4. The van der Waals surface area contributed by atoms with Crippen LogP contribution in [0.15, 0.2) is 48.5 Å². The molecule has 27 heavy (non-hydrogen) atoms. The topological polar surface area (TPSA) is 59.6 Å². The summed E-state index contributed by atoms with van der Waals surface area (Å²) >= 11 is 5.99. The second-order valence-electron chi connectivity index (χ2n) is 5.83. The zero-order valence-electron chi connectivity index (χ0n) is 14.6. The number of carbonyl (C=O) groups excluding carboxylic acids is 1. The van der Waals surface area contributed by atoms with E-state index in [0.29, 0.717) is 5.02 Å². The van der Waals surface area contributed by atoms with Crippen LogP contribution in [0.5, 0.6) is 5.75 Å². The zero-order valence-corrected chi connectivity index (χ0v) is 15.3. The first-order valence-corrected chi connectivity index (χ1v) is 8.21. The summed E-state index contributed by atoms with van der Waals surface area (Å²) in [5.74, 6) is -0.430. The number of methoxy groups -OCH3 is 1. The van der Waals surface area contributed by atoms with Crippen molar-refractivity contribution in [2.75, 3.05) is 19.0 Å². The highest BCUT2D eigenvalue weighted by atomic mass is 35.5. The molecule has 2 amide bonds. The molecular weight excluding hydrogens is 385 g/mol. The highest BCUT2D eigenvalue weighted by molar-refractivity contribution is 6.30. The summed E-state index contributed by atoms with van der Waals surface area (Å²) in [5, 5.41) is 5.61. The molecule has 1 atom stereocenters. The number of anilines is 1. The van der Waals surface area contributed by atoms with Crippen molar-refractivity contribution in [2.45, 2.75) is 18.9 Å². The molecule has 0 radical (unpaired) electrons. The molecule has 0 heterocycles. The fourth-order valence-corrected chi connectivity index (χ4v) is 2.50. The minimum absolute atomic E-state index is 0.106. The molecule has 0 aliphatic rings. The van der Waals surface area contributed by atoms with Gasteiger partial charge in [-0.05, 0) is 36.8 Å². The number of amides is 2. The standard InChI is InChI=1S/C18H18ClF3N2O3/c1-17(26-2,12-5-3-6-13(19)9-12)11-23-16(25)24-14-7-4-8-15(10-14)27-18(20,21)22/h3-10H,11H2,1-2H3,(H2,23,24,25). The molecule has 0 aromatic heterocycles. The predicted octanol–water partition coefficient (Wildman–Crippen LogP) is 4.92. The summed E-state index contributed by atoms with van der Waals surface area (Å²) in [6, 6.07) is 11.4. The Hall–Kier alpha value is -2.45. The molecule has 0 saturated carbocycles. The second kappa shape index (κ2) is 8.49. The number of hydrogen-bond acceptors (Lipinski definition) is 3. The maximum atomic E-state index is 12.3. The number of ether oxygens (including phenoxy) is 2. The molecule has 146 valence electrons. The molecular formula is C18H18ClF3N2O3. The minimum atomic E-state index is -4.81. The molecule has 0 saturated heterocycles. The predicted molar refractivity (Wildman–Crippen MR) is 96.0 cm³/mol. The zero-order chi connectivity index (χ0) is 20.1. The number of hydrogen-bond donors (Lipinski definition) is 2. The van der Waals surface area contributed by atoms with E-state index in [0.717, 1.165) is 17.7 Å². The summed E-state index contributed by atoms with van der Waals surface area (Å²) in [4.78, 5) is 12.1. The van der Waals surface area contributed by atoms with E-state index in [2.05, 4.69) is 15.4 Å². The van der Waals surface area contributed by atoms with Crippen LogP contribution in [0.2, 0.25) is 5.02 Å². The van der Waals surface area contributed by atoms with Crippen molar-refractivity contribution in [3.63, 3.8) is 0 Å². The molecule has 9 heteroatoms. The third-order valence-electron chi connectivity index (χ3n) is 3.80. The third-order valence-corrected chi connectivity index (χ3v) is 4.03. The van der Waals surface area contributed by atoms with E-state index in [4.69, 9.17) is 16.3 Å². The SMILES string of the molecule is COC(C)(CNC(=O)Nc1cccc(OC(F)(F)F)c1)c1cccc(Cl)c1. The van der Waals surface area contributed by atoms with Crippen LogP contribution in [0.4, 0.5) is 23.7 Å². The fourth-order valence-electron chi connectivity index (χ4n) is 2.30. The number of urea groups is 1. The summed E-state index contributed by atoms with van der Waals surface area (Å²) in [6.45, 7) is 1.88. The van der Waals surface area contributed by atoms with Gasteiger partial charge >= 0.3 is 12.4 Å². The van der Waals surface area contributed by atoms with Crippen LogP contribution < -0.4 is 15.4 Å². The minimum Gasteiger partial charge on any atom is -0.406 e. The van der Waals surface area contributed by atoms with E-state index in [1.165, 1.54) is 19.2 Å². The van der Waals surface area contributed by atoms with Crippen molar-refractivity contribution in [2.24, 2.45) is 0 Å². The van der Waals surface area contributed by atoms with Crippen LogP contribution in [0.3, 0.4) is 0 Å². The van der Waals surface area contributed by atoms with Gasteiger partial charge in [0.15, 0.2) is 0 Å². The first-order valence-electron chi connectivity index (χ1n) is 7.83. The molecule has 2 aromatic rings. The van der Waals surface area contributed by atoms with Gasteiger partial charge < -0.3 is 20.1 Å². The maximum absolute atomic E-state index is 12.3. The van der Waals surface area contributed by atoms with Crippen LogP contribution in [0.1, 0.15) is 12.5 Å². The number of carbonyl (C=O) groups is 1. The van der Waals surface area contributed by atoms with Crippen LogP contribution in [0, 0.1) is 0 Å². The lowest BCUT2D eigenvalue weighted by molar-refractivity contribution is -0.274. The van der Waals surface area contributed by atoms with Crippen LogP contribution in [-0.4, -0.2) is 26.0 Å². The van der Waals surface area contributed by atoms with Crippen molar-refractivity contribution in [3.05, 3.63) is 59.1 Å². The van der Waals surface area contributed by atoms with Crippen molar-refractivity contribution >= 4 is 23.3 Å². The average Bonchev–Trinajstić information content (AvgIpc) is 2.58. The smallest absolute Gasteiger partial charge is 0.406 e. The van der Waals surface area contributed by atoms with Crippen molar-refractivity contribution in [1.29, 1.82) is 0 Å². The van der Waals surface area contributed by atoms with Gasteiger partial charge in [-0.1, -0.05) is 29.8 Å². The number of benzene rings is 2. The summed E-state index contributed by atoms with van der Waals surface area (Å²) in [7, 11) is 1.50. The summed E-state index contributed by atoms with van der Waals surface area (Å²) < 4.78 is 46.1. The molecule has 0 fully saturated rings. The van der Waals surface area contributed by atoms with Gasteiger partial charge in [-0.15, -0.1) is 13.2 Å². The molecule has 5 nitrogen and oxygen atoms in total. The highest BCUT2D eigenvalue weighted by Crippen LogP contribution is 2.27. The molecule has 2 aromatic carbocycles. The lowest BCUT2D eigenvalue weighted by Crippen LogP contribution is -2.41. The lowest BCUT2D eigenvalue weighted by atomic mass is 9.96. The Morgan fingerprint density at radius 2 is 1.85 bits per heavy atom. The van der Waals surface area contributed by atoms with Gasteiger partial charge in [0.2, 0.25) is 0 Å². The number of nitrogens with one attached hydrogen (secondary N) is 2.